The van der Waals surface area contributed by atoms with E-state index in [1.807, 2.05) is 0 Å². The summed E-state index contributed by atoms with van der Waals surface area (Å²) >= 11 is 6.05. The number of nitrogens with one attached hydrogen (secondary N) is 1. The first-order valence-corrected chi connectivity index (χ1v) is 6.68. The van der Waals surface area contributed by atoms with Crippen molar-refractivity contribution < 1.29 is 9.66 Å². The van der Waals surface area contributed by atoms with E-state index in [1.54, 1.807) is 13.2 Å². The number of nitro groups is 1. The molecule has 1 saturated carbocycles. The Bertz CT molecular complexity index is 467. The molecule has 104 valence electrons. The lowest BCUT2D eigenvalue weighted by atomic mass is 10.1. The average molecular weight is 285 g/mol. The van der Waals surface area contributed by atoms with E-state index in [4.69, 9.17) is 16.3 Å². The minimum Gasteiger partial charge on any atom is -0.380 e. The summed E-state index contributed by atoms with van der Waals surface area (Å²) in [7, 11) is 1.73. The second-order valence-corrected chi connectivity index (χ2v) is 5.13. The molecular formula is C13H17ClN2O3. The van der Waals surface area contributed by atoms with Crippen molar-refractivity contribution in [1.82, 2.24) is 5.32 Å². The molecule has 2 rings (SSSR count). The summed E-state index contributed by atoms with van der Waals surface area (Å²) < 4.78 is 5.41. The lowest BCUT2D eigenvalue weighted by Crippen LogP contribution is -2.36. The van der Waals surface area contributed by atoms with Gasteiger partial charge in [0.2, 0.25) is 0 Å². The molecule has 1 aliphatic rings. The number of benzene rings is 1. The number of methoxy groups -OCH3 is 1. The van der Waals surface area contributed by atoms with Crippen LogP contribution < -0.4 is 5.32 Å². The predicted octanol–water partition coefficient (Wildman–Crippen LogP) is 2.91. The van der Waals surface area contributed by atoms with Crippen molar-refractivity contribution >= 4 is 17.3 Å². The van der Waals surface area contributed by atoms with Crippen LogP contribution in [0.15, 0.2) is 18.2 Å². The largest absolute Gasteiger partial charge is 0.380 e. The Morgan fingerprint density at radius 1 is 1.53 bits per heavy atom. The fourth-order valence-electron chi connectivity index (χ4n) is 2.48. The normalized spacial score (nSPS) is 22.6. The van der Waals surface area contributed by atoms with Crippen LogP contribution in [0, 0.1) is 10.1 Å². The van der Waals surface area contributed by atoms with Gasteiger partial charge in [0.05, 0.1) is 16.0 Å². The van der Waals surface area contributed by atoms with Gasteiger partial charge in [0.25, 0.3) is 5.69 Å². The third-order valence-electron chi connectivity index (χ3n) is 3.56. The number of non-ortho nitro benzene ring substituents is 1. The van der Waals surface area contributed by atoms with Gasteiger partial charge in [0, 0.05) is 31.8 Å². The van der Waals surface area contributed by atoms with Crippen LogP contribution in [0.2, 0.25) is 5.02 Å². The van der Waals surface area contributed by atoms with Gasteiger partial charge in [-0.05, 0) is 30.9 Å². The summed E-state index contributed by atoms with van der Waals surface area (Å²) in [5, 5.41) is 14.5. The molecule has 0 spiro atoms. The lowest BCUT2D eigenvalue weighted by molar-refractivity contribution is -0.384. The molecule has 19 heavy (non-hydrogen) atoms. The number of halogens is 1. The standard InChI is InChI=1S/C13H17ClN2O3/c1-19-13-4-2-3-12(13)15-8-9-5-6-10(16(17)18)7-11(9)14/h5-7,12-13,15H,2-4,8H2,1H3. The number of hydrogen-bond donors (Lipinski definition) is 1. The van der Waals surface area contributed by atoms with Gasteiger partial charge in [0.15, 0.2) is 0 Å². The maximum absolute atomic E-state index is 10.6. The van der Waals surface area contributed by atoms with Gasteiger partial charge in [0.1, 0.15) is 0 Å². The van der Waals surface area contributed by atoms with Crippen molar-refractivity contribution in [1.29, 1.82) is 0 Å². The average Bonchev–Trinajstić information content (AvgIpc) is 2.84. The molecule has 0 heterocycles. The highest BCUT2D eigenvalue weighted by Gasteiger charge is 2.26. The Kier molecular flexibility index (Phi) is 4.74. The molecule has 0 radical (unpaired) electrons. The second kappa shape index (κ2) is 6.32. The van der Waals surface area contributed by atoms with E-state index in [-0.39, 0.29) is 11.8 Å². The van der Waals surface area contributed by atoms with Gasteiger partial charge in [-0.25, -0.2) is 0 Å². The smallest absolute Gasteiger partial charge is 0.270 e. The van der Waals surface area contributed by atoms with E-state index in [9.17, 15) is 10.1 Å². The Balaban J connectivity index is 1.98. The molecule has 1 aromatic carbocycles. The highest BCUT2D eigenvalue weighted by atomic mass is 35.5. The fourth-order valence-corrected chi connectivity index (χ4v) is 2.72. The molecule has 1 aromatic rings. The van der Waals surface area contributed by atoms with Crippen LogP contribution in [0.4, 0.5) is 5.69 Å². The first kappa shape index (κ1) is 14.2. The van der Waals surface area contributed by atoms with Crippen LogP contribution >= 0.6 is 11.6 Å². The molecule has 0 amide bonds. The molecule has 5 nitrogen and oxygen atoms in total. The van der Waals surface area contributed by atoms with Gasteiger partial charge in [-0.15, -0.1) is 0 Å². The van der Waals surface area contributed by atoms with E-state index in [2.05, 4.69) is 5.32 Å². The molecular weight excluding hydrogens is 268 g/mol. The highest BCUT2D eigenvalue weighted by molar-refractivity contribution is 6.31. The van der Waals surface area contributed by atoms with Gasteiger partial charge in [-0.3, -0.25) is 10.1 Å². The summed E-state index contributed by atoms with van der Waals surface area (Å²) in [5.41, 5.74) is 0.887. The minimum atomic E-state index is -0.443. The molecule has 2 unspecified atom stereocenters. The Morgan fingerprint density at radius 2 is 2.32 bits per heavy atom. The molecule has 1 fully saturated rings. The summed E-state index contributed by atoms with van der Waals surface area (Å²) in [6.07, 6.45) is 3.56. The van der Waals surface area contributed by atoms with Crippen molar-refractivity contribution in [3.05, 3.63) is 38.9 Å². The van der Waals surface area contributed by atoms with Crippen molar-refractivity contribution in [3.8, 4) is 0 Å². The van der Waals surface area contributed by atoms with Crippen molar-refractivity contribution in [2.45, 2.75) is 38.0 Å². The zero-order valence-electron chi connectivity index (χ0n) is 10.8. The summed E-state index contributed by atoms with van der Waals surface area (Å²) in [6, 6.07) is 4.90. The van der Waals surface area contributed by atoms with Gasteiger partial charge in [-0.1, -0.05) is 11.6 Å². The van der Waals surface area contributed by atoms with Crippen LogP contribution in [0.1, 0.15) is 24.8 Å². The van der Waals surface area contributed by atoms with Crippen LogP contribution in [-0.4, -0.2) is 24.2 Å². The van der Waals surface area contributed by atoms with E-state index in [0.717, 1.165) is 24.8 Å². The van der Waals surface area contributed by atoms with Gasteiger partial charge < -0.3 is 10.1 Å². The maximum atomic E-state index is 10.6. The first-order valence-electron chi connectivity index (χ1n) is 6.31. The minimum absolute atomic E-state index is 0.0179. The maximum Gasteiger partial charge on any atom is 0.270 e. The summed E-state index contributed by atoms with van der Waals surface area (Å²) in [6.45, 7) is 0.599. The van der Waals surface area contributed by atoms with Gasteiger partial charge in [-0.2, -0.15) is 0 Å². The summed E-state index contributed by atoms with van der Waals surface area (Å²) in [4.78, 5) is 10.2. The van der Waals surface area contributed by atoms with E-state index >= 15 is 0 Å². The Hall–Kier alpha value is -1.17. The van der Waals surface area contributed by atoms with Gasteiger partial charge >= 0.3 is 0 Å². The monoisotopic (exact) mass is 284 g/mol. The van der Waals surface area contributed by atoms with Crippen molar-refractivity contribution in [3.63, 3.8) is 0 Å². The number of rotatable bonds is 5. The van der Waals surface area contributed by atoms with E-state index < -0.39 is 4.92 Å². The topological polar surface area (TPSA) is 64.4 Å². The second-order valence-electron chi connectivity index (χ2n) is 4.73. The molecule has 0 aliphatic heterocycles. The molecule has 6 heteroatoms. The van der Waals surface area contributed by atoms with Crippen molar-refractivity contribution in [2.75, 3.05) is 7.11 Å². The fraction of sp³-hybridized carbons (Fsp3) is 0.538. The molecule has 1 aliphatic carbocycles. The van der Waals surface area contributed by atoms with E-state index in [1.165, 1.54) is 12.1 Å². The zero-order valence-corrected chi connectivity index (χ0v) is 11.5. The van der Waals surface area contributed by atoms with Crippen LogP contribution in [0.25, 0.3) is 0 Å². The van der Waals surface area contributed by atoms with Crippen LogP contribution in [0.5, 0.6) is 0 Å². The number of ether oxygens (including phenoxy) is 1. The molecule has 0 saturated heterocycles. The molecule has 2 atom stereocenters. The lowest BCUT2D eigenvalue weighted by Gasteiger charge is -2.19. The SMILES string of the molecule is COC1CCCC1NCc1ccc([N+](=O)[O-])cc1Cl. The van der Waals surface area contributed by atoms with E-state index in [0.29, 0.717) is 17.6 Å². The molecule has 1 N–H and O–H groups in total. The first-order chi connectivity index (χ1) is 9.11. The summed E-state index contributed by atoms with van der Waals surface area (Å²) in [5.74, 6) is 0. The van der Waals surface area contributed by atoms with Crippen LogP contribution in [0.3, 0.4) is 0 Å². The number of nitro benzene ring substituents is 1. The number of hydrogen-bond acceptors (Lipinski definition) is 4. The van der Waals surface area contributed by atoms with Crippen molar-refractivity contribution in [2.24, 2.45) is 0 Å². The zero-order chi connectivity index (χ0) is 13.8. The third-order valence-corrected chi connectivity index (χ3v) is 3.91. The van der Waals surface area contributed by atoms with Crippen LogP contribution in [-0.2, 0) is 11.3 Å². The Morgan fingerprint density at radius 3 is 2.95 bits per heavy atom. The predicted molar refractivity (Wildman–Crippen MR) is 73.4 cm³/mol. The third kappa shape index (κ3) is 3.43. The highest BCUT2D eigenvalue weighted by Crippen LogP contribution is 2.25. The molecule has 0 bridgehead atoms. The quantitative estimate of drug-likeness (QED) is 0.667. The Labute approximate surface area is 117 Å². The molecule has 0 aromatic heterocycles. The number of nitrogens with zero attached hydrogens (tertiary/aromatic N) is 1.